The zero-order valence-electron chi connectivity index (χ0n) is 20.4. The Kier molecular flexibility index (Phi) is 27.3. The van der Waals surface area contributed by atoms with E-state index in [9.17, 15) is 0 Å². The summed E-state index contributed by atoms with van der Waals surface area (Å²) in [5.41, 5.74) is 0. The summed E-state index contributed by atoms with van der Waals surface area (Å²) >= 11 is 0. The smallest absolute Gasteiger partial charge is 0.0594 e. The average Bonchev–Trinajstić information content (AvgIpc) is 2.69. The van der Waals surface area contributed by atoms with E-state index in [1.165, 1.54) is 122 Å². The van der Waals surface area contributed by atoms with Crippen molar-refractivity contribution in [2.24, 2.45) is 0 Å². The third kappa shape index (κ3) is 19.1. The molecule has 0 aromatic rings. The van der Waals surface area contributed by atoms with Gasteiger partial charge in [0.25, 0.3) is 0 Å². The van der Waals surface area contributed by atoms with Crippen molar-refractivity contribution < 1.29 is 24.0 Å². The molecule has 0 saturated carbocycles. The van der Waals surface area contributed by atoms with Gasteiger partial charge in [-0.1, -0.05) is 97.8 Å². The molecule has 0 atom stereocenters. The first kappa shape index (κ1) is 31.3. The van der Waals surface area contributed by atoms with Crippen LogP contribution >= 0.6 is 7.26 Å². The standard InChI is InChI=1S/C26H56P.HI/c1-5-9-12-15-18-21-24-27(8-4,25-22-19-16-13-10-6-2)26-23-20-17-14-11-7-3;/h5-26H2,1-4H3;1H/q+1;/p-1. The zero-order chi connectivity index (χ0) is 20.1. The van der Waals surface area contributed by atoms with Gasteiger partial charge in [0.05, 0.1) is 24.6 Å². The molecule has 0 fully saturated rings. The Bertz CT molecular complexity index is 239. The predicted octanol–water partition coefficient (Wildman–Crippen LogP) is 7.11. The Morgan fingerprint density at radius 3 is 0.857 bits per heavy atom. The Morgan fingerprint density at radius 1 is 0.357 bits per heavy atom. The molecule has 0 unspecified atom stereocenters. The highest BCUT2D eigenvalue weighted by atomic mass is 127. The van der Waals surface area contributed by atoms with Crippen molar-refractivity contribution in [2.75, 3.05) is 24.6 Å². The van der Waals surface area contributed by atoms with Crippen LogP contribution < -0.4 is 24.0 Å². The van der Waals surface area contributed by atoms with Crippen molar-refractivity contribution in [3.05, 3.63) is 0 Å². The van der Waals surface area contributed by atoms with Crippen LogP contribution in [0.1, 0.15) is 143 Å². The van der Waals surface area contributed by atoms with Gasteiger partial charge in [0.1, 0.15) is 0 Å². The van der Waals surface area contributed by atoms with E-state index in [4.69, 9.17) is 0 Å². The first-order valence-electron chi connectivity index (χ1n) is 13.1. The molecule has 0 aliphatic heterocycles. The molecule has 0 aliphatic rings. The highest BCUT2D eigenvalue weighted by molar-refractivity contribution is 7.75. The van der Waals surface area contributed by atoms with Crippen LogP contribution in [0.4, 0.5) is 0 Å². The van der Waals surface area contributed by atoms with Crippen LogP contribution in [-0.4, -0.2) is 24.6 Å². The average molecular weight is 527 g/mol. The van der Waals surface area contributed by atoms with Gasteiger partial charge in [0, 0.05) is 7.26 Å². The van der Waals surface area contributed by atoms with E-state index in [0.29, 0.717) is 0 Å². The monoisotopic (exact) mass is 526 g/mol. The Hall–Kier alpha value is 1.16. The fourth-order valence-corrected chi connectivity index (χ4v) is 8.80. The molecule has 0 aromatic heterocycles. The molecular weight excluding hydrogens is 470 g/mol. The summed E-state index contributed by atoms with van der Waals surface area (Å²) < 4.78 is 0. The lowest BCUT2D eigenvalue weighted by atomic mass is 10.1. The van der Waals surface area contributed by atoms with E-state index in [1.807, 2.05) is 0 Å². The molecule has 0 amide bonds. The lowest BCUT2D eigenvalue weighted by Crippen LogP contribution is -3.00. The Morgan fingerprint density at radius 2 is 0.607 bits per heavy atom. The van der Waals surface area contributed by atoms with Gasteiger partial charge >= 0.3 is 0 Å². The number of halogens is 1. The van der Waals surface area contributed by atoms with Crippen LogP contribution in [-0.2, 0) is 0 Å². The molecule has 0 heterocycles. The van der Waals surface area contributed by atoms with Gasteiger partial charge in [0.2, 0.25) is 0 Å². The molecule has 0 aliphatic carbocycles. The fourth-order valence-electron chi connectivity index (χ4n) is 4.49. The summed E-state index contributed by atoms with van der Waals surface area (Å²) in [5, 5.41) is 0. The van der Waals surface area contributed by atoms with E-state index in [-0.39, 0.29) is 24.0 Å². The van der Waals surface area contributed by atoms with Crippen LogP contribution in [0.2, 0.25) is 0 Å². The summed E-state index contributed by atoms with van der Waals surface area (Å²) in [6.07, 6.45) is 32.9. The van der Waals surface area contributed by atoms with Crippen molar-refractivity contribution in [1.82, 2.24) is 0 Å². The van der Waals surface area contributed by atoms with Crippen molar-refractivity contribution >= 4 is 7.26 Å². The molecule has 0 nitrogen and oxygen atoms in total. The number of hydrogen-bond donors (Lipinski definition) is 0. The van der Waals surface area contributed by atoms with Crippen molar-refractivity contribution in [3.63, 3.8) is 0 Å². The second-order valence-electron chi connectivity index (χ2n) is 9.13. The molecule has 0 bridgehead atoms. The quantitative estimate of drug-likeness (QED) is 0.0801. The third-order valence-corrected chi connectivity index (χ3v) is 11.8. The number of hydrogen-bond acceptors (Lipinski definition) is 0. The largest absolute Gasteiger partial charge is 1.00 e. The molecule has 0 N–H and O–H groups in total. The second-order valence-corrected chi connectivity index (χ2v) is 13.8. The molecule has 0 radical (unpaired) electrons. The highest BCUT2D eigenvalue weighted by Gasteiger charge is 2.33. The Balaban J connectivity index is 0. The second kappa shape index (κ2) is 24.4. The van der Waals surface area contributed by atoms with Crippen LogP contribution in [0, 0.1) is 0 Å². The normalized spacial score (nSPS) is 11.6. The lowest BCUT2D eigenvalue weighted by molar-refractivity contribution is -0.00000622. The summed E-state index contributed by atoms with van der Waals surface area (Å²) in [7, 11) is -0.644. The molecule has 28 heavy (non-hydrogen) atoms. The van der Waals surface area contributed by atoms with Gasteiger partial charge in [-0.25, -0.2) is 0 Å². The molecule has 0 saturated heterocycles. The van der Waals surface area contributed by atoms with Crippen LogP contribution in [0.5, 0.6) is 0 Å². The molecule has 0 aromatic carbocycles. The summed E-state index contributed by atoms with van der Waals surface area (Å²) in [6.45, 7) is 9.52. The Labute approximate surface area is 198 Å². The zero-order valence-corrected chi connectivity index (χ0v) is 23.4. The van der Waals surface area contributed by atoms with Crippen molar-refractivity contribution in [1.29, 1.82) is 0 Å². The van der Waals surface area contributed by atoms with Gasteiger partial charge in [0.15, 0.2) is 0 Å². The number of rotatable bonds is 22. The van der Waals surface area contributed by atoms with E-state index in [0.717, 1.165) is 0 Å². The SMILES string of the molecule is CCCCCCCC[P+](CC)(CCCCCCCC)CCCCCCCC.[I-]. The van der Waals surface area contributed by atoms with Gasteiger partial charge in [-0.15, -0.1) is 0 Å². The summed E-state index contributed by atoms with van der Waals surface area (Å²) in [4.78, 5) is 0. The summed E-state index contributed by atoms with van der Waals surface area (Å²) in [5.74, 6) is 0. The van der Waals surface area contributed by atoms with Crippen LogP contribution in [0.3, 0.4) is 0 Å². The fraction of sp³-hybridized carbons (Fsp3) is 1.00. The van der Waals surface area contributed by atoms with Crippen molar-refractivity contribution in [3.8, 4) is 0 Å². The van der Waals surface area contributed by atoms with E-state index in [1.54, 1.807) is 18.5 Å². The minimum atomic E-state index is -0.644. The van der Waals surface area contributed by atoms with Gasteiger partial charge in [-0.05, 0) is 45.4 Å². The molecule has 2 heteroatoms. The van der Waals surface area contributed by atoms with Crippen LogP contribution in [0.15, 0.2) is 0 Å². The van der Waals surface area contributed by atoms with E-state index < -0.39 is 7.26 Å². The van der Waals surface area contributed by atoms with Crippen LogP contribution in [0.25, 0.3) is 0 Å². The van der Waals surface area contributed by atoms with Gasteiger partial charge in [-0.2, -0.15) is 0 Å². The first-order chi connectivity index (χ1) is 13.2. The van der Waals surface area contributed by atoms with Gasteiger partial charge < -0.3 is 24.0 Å². The molecule has 0 spiro atoms. The molecule has 172 valence electrons. The topological polar surface area (TPSA) is 0 Å². The van der Waals surface area contributed by atoms with Crippen molar-refractivity contribution in [2.45, 2.75) is 143 Å². The minimum Gasteiger partial charge on any atom is -1.00 e. The number of unbranched alkanes of at least 4 members (excludes halogenated alkanes) is 15. The predicted molar refractivity (Wildman–Crippen MR) is 132 cm³/mol. The third-order valence-electron chi connectivity index (χ3n) is 6.63. The summed E-state index contributed by atoms with van der Waals surface area (Å²) in [6, 6.07) is 0. The van der Waals surface area contributed by atoms with E-state index in [2.05, 4.69) is 27.7 Å². The maximum Gasteiger partial charge on any atom is 0.0594 e. The maximum absolute atomic E-state index is 2.54. The molecule has 0 rings (SSSR count). The highest BCUT2D eigenvalue weighted by Crippen LogP contribution is 2.60. The maximum atomic E-state index is 2.54. The van der Waals surface area contributed by atoms with E-state index >= 15 is 0 Å². The minimum absolute atomic E-state index is 0. The first-order valence-corrected chi connectivity index (χ1v) is 15.6. The lowest BCUT2D eigenvalue weighted by Gasteiger charge is -2.27. The van der Waals surface area contributed by atoms with Gasteiger partial charge in [-0.3, -0.25) is 0 Å². The molecular formula is C26H56IP.